The lowest BCUT2D eigenvalue weighted by molar-refractivity contribution is 0.450. The van der Waals surface area contributed by atoms with Gasteiger partial charge in [0.1, 0.15) is 0 Å². The standard InChI is InChI=1S/C10H19N/c1-10(2,3)8-5-4-6-9(11)7-8/h7,9H,4-6,11H2,1-3H3. The molecule has 2 N–H and O–H groups in total. The van der Waals surface area contributed by atoms with Gasteiger partial charge in [-0.3, -0.25) is 0 Å². The van der Waals surface area contributed by atoms with Crippen LogP contribution in [-0.4, -0.2) is 6.04 Å². The highest BCUT2D eigenvalue weighted by molar-refractivity contribution is 5.16. The lowest BCUT2D eigenvalue weighted by Crippen LogP contribution is -2.24. The molecule has 0 bridgehead atoms. The van der Waals surface area contributed by atoms with Crippen molar-refractivity contribution in [2.45, 2.75) is 46.1 Å². The van der Waals surface area contributed by atoms with Gasteiger partial charge in [0.05, 0.1) is 0 Å². The first-order valence-corrected chi connectivity index (χ1v) is 4.47. The van der Waals surface area contributed by atoms with Crippen molar-refractivity contribution in [2.24, 2.45) is 11.1 Å². The second kappa shape index (κ2) is 2.98. The molecular formula is C10H19N. The van der Waals surface area contributed by atoms with Gasteiger partial charge in [0.2, 0.25) is 0 Å². The summed E-state index contributed by atoms with van der Waals surface area (Å²) >= 11 is 0. The molecule has 0 aromatic rings. The molecule has 0 spiro atoms. The van der Waals surface area contributed by atoms with E-state index < -0.39 is 0 Å². The molecule has 0 aromatic heterocycles. The second-order valence-corrected chi connectivity index (χ2v) is 4.50. The van der Waals surface area contributed by atoms with Gasteiger partial charge in [-0.25, -0.2) is 0 Å². The molecule has 0 saturated carbocycles. The Labute approximate surface area is 69.7 Å². The summed E-state index contributed by atoms with van der Waals surface area (Å²) in [5.41, 5.74) is 7.72. The Kier molecular flexibility index (Phi) is 2.38. The van der Waals surface area contributed by atoms with Gasteiger partial charge < -0.3 is 5.73 Å². The van der Waals surface area contributed by atoms with E-state index in [9.17, 15) is 0 Å². The monoisotopic (exact) mass is 153 g/mol. The van der Waals surface area contributed by atoms with Gasteiger partial charge in [0.15, 0.2) is 0 Å². The van der Waals surface area contributed by atoms with Gasteiger partial charge in [0.25, 0.3) is 0 Å². The molecule has 0 aromatic carbocycles. The molecule has 0 radical (unpaired) electrons. The van der Waals surface area contributed by atoms with Crippen LogP contribution in [0.25, 0.3) is 0 Å². The van der Waals surface area contributed by atoms with E-state index in [1.165, 1.54) is 24.8 Å². The third-order valence-corrected chi connectivity index (χ3v) is 2.36. The van der Waals surface area contributed by atoms with Crippen molar-refractivity contribution < 1.29 is 0 Å². The molecule has 1 rings (SSSR count). The number of allylic oxidation sites excluding steroid dienone is 1. The Hall–Kier alpha value is -0.300. The predicted molar refractivity (Wildman–Crippen MR) is 49.4 cm³/mol. The topological polar surface area (TPSA) is 26.0 Å². The lowest BCUT2D eigenvalue weighted by Gasteiger charge is -2.28. The Bertz CT molecular complexity index is 162. The van der Waals surface area contributed by atoms with Gasteiger partial charge in [0, 0.05) is 6.04 Å². The molecule has 64 valence electrons. The van der Waals surface area contributed by atoms with Crippen LogP contribution in [0.1, 0.15) is 40.0 Å². The maximum Gasteiger partial charge on any atom is 0.0226 e. The highest BCUT2D eigenvalue weighted by atomic mass is 14.6. The maximum atomic E-state index is 5.85. The molecule has 11 heavy (non-hydrogen) atoms. The van der Waals surface area contributed by atoms with Gasteiger partial charge in [-0.15, -0.1) is 0 Å². The first-order chi connectivity index (χ1) is 5.00. The van der Waals surface area contributed by atoms with Crippen LogP contribution in [0, 0.1) is 5.41 Å². The summed E-state index contributed by atoms with van der Waals surface area (Å²) in [7, 11) is 0. The van der Waals surface area contributed by atoms with Crippen molar-refractivity contribution in [3.05, 3.63) is 11.6 Å². The van der Waals surface area contributed by atoms with E-state index in [-0.39, 0.29) is 0 Å². The smallest absolute Gasteiger partial charge is 0.0226 e. The Balaban J connectivity index is 2.71. The number of hydrogen-bond donors (Lipinski definition) is 1. The molecule has 1 nitrogen and oxygen atoms in total. The average Bonchev–Trinajstić information content (AvgIpc) is 1.86. The van der Waals surface area contributed by atoms with E-state index >= 15 is 0 Å². The molecule has 0 saturated heterocycles. The van der Waals surface area contributed by atoms with E-state index in [1.54, 1.807) is 0 Å². The summed E-state index contributed by atoms with van der Waals surface area (Å²) in [6, 6.07) is 0.318. The second-order valence-electron chi connectivity index (χ2n) is 4.50. The largest absolute Gasteiger partial charge is 0.324 e. The zero-order chi connectivity index (χ0) is 8.48. The predicted octanol–water partition coefficient (Wildman–Crippen LogP) is 2.47. The van der Waals surface area contributed by atoms with Crippen LogP contribution < -0.4 is 5.73 Å². The van der Waals surface area contributed by atoms with E-state index in [4.69, 9.17) is 5.73 Å². The molecule has 0 aliphatic heterocycles. The fourth-order valence-corrected chi connectivity index (χ4v) is 1.58. The van der Waals surface area contributed by atoms with Gasteiger partial charge in [-0.1, -0.05) is 32.4 Å². The summed E-state index contributed by atoms with van der Waals surface area (Å²) in [4.78, 5) is 0. The van der Waals surface area contributed by atoms with E-state index in [0.717, 1.165) is 0 Å². The summed E-state index contributed by atoms with van der Waals surface area (Å²) in [5.74, 6) is 0. The Morgan fingerprint density at radius 3 is 2.45 bits per heavy atom. The number of nitrogens with two attached hydrogens (primary N) is 1. The fraction of sp³-hybridized carbons (Fsp3) is 0.800. The van der Waals surface area contributed by atoms with E-state index in [2.05, 4.69) is 26.8 Å². The maximum absolute atomic E-state index is 5.85. The first kappa shape index (κ1) is 8.79. The van der Waals surface area contributed by atoms with Crippen LogP contribution in [0.4, 0.5) is 0 Å². The fourth-order valence-electron chi connectivity index (χ4n) is 1.58. The summed E-state index contributed by atoms with van der Waals surface area (Å²) < 4.78 is 0. The quantitative estimate of drug-likeness (QED) is 0.531. The van der Waals surface area contributed by atoms with Crippen molar-refractivity contribution in [3.63, 3.8) is 0 Å². The molecule has 1 aliphatic carbocycles. The molecule has 0 amide bonds. The van der Waals surface area contributed by atoms with E-state index in [1.807, 2.05) is 0 Å². The minimum Gasteiger partial charge on any atom is -0.324 e. The molecule has 1 unspecified atom stereocenters. The van der Waals surface area contributed by atoms with Crippen LogP contribution in [0.2, 0.25) is 0 Å². The minimum atomic E-state index is 0.318. The summed E-state index contributed by atoms with van der Waals surface area (Å²) in [5, 5.41) is 0. The highest BCUT2D eigenvalue weighted by Gasteiger charge is 2.20. The van der Waals surface area contributed by atoms with Gasteiger partial charge in [-0.05, 0) is 24.7 Å². The van der Waals surface area contributed by atoms with Gasteiger partial charge in [-0.2, -0.15) is 0 Å². The Morgan fingerprint density at radius 2 is 2.09 bits per heavy atom. The normalized spacial score (nSPS) is 26.5. The van der Waals surface area contributed by atoms with Crippen molar-refractivity contribution in [1.29, 1.82) is 0 Å². The Morgan fingerprint density at radius 1 is 1.45 bits per heavy atom. The molecular weight excluding hydrogens is 134 g/mol. The molecule has 1 heteroatoms. The third kappa shape index (κ3) is 2.33. The zero-order valence-corrected chi connectivity index (χ0v) is 7.85. The molecule has 0 fully saturated rings. The van der Waals surface area contributed by atoms with Crippen molar-refractivity contribution in [3.8, 4) is 0 Å². The lowest BCUT2D eigenvalue weighted by atomic mass is 9.79. The SMILES string of the molecule is CC(C)(C)C1=CC(N)CCC1. The van der Waals surface area contributed by atoms with Crippen molar-refractivity contribution in [1.82, 2.24) is 0 Å². The van der Waals surface area contributed by atoms with Gasteiger partial charge >= 0.3 is 0 Å². The third-order valence-electron chi connectivity index (χ3n) is 2.36. The number of rotatable bonds is 0. The minimum absolute atomic E-state index is 0.318. The molecule has 1 aliphatic rings. The number of hydrogen-bond acceptors (Lipinski definition) is 1. The zero-order valence-electron chi connectivity index (χ0n) is 7.85. The van der Waals surface area contributed by atoms with Crippen LogP contribution in [0.3, 0.4) is 0 Å². The first-order valence-electron chi connectivity index (χ1n) is 4.47. The average molecular weight is 153 g/mol. The van der Waals surface area contributed by atoms with Crippen molar-refractivity contribution >= 4 is 0 Å². The van der Waals surface area contributed by atoms with Crippen LogP contribution >= 0.6 is 0 Å². The summed E-state index contributed by atoms with van der Waals surface area (Å²) in [6.07, 6.45) is 5.94. The van der Waals surface area contributed by atoms with Crippen LogP contribution in [0.5, 0.6) is 0 Å². The van der Waals surface area contributed by atoms with Crippen LogP contribution in [-0.2, 0) is 0 Å². The van der Waals surface area contributed by atoms with Crippen LogP contribution in [0.15, 0.2) is 11.6 Å². The van der Waals surface area contributed by atoms with Crippen molar-refractivity contribution in [2.75, 3.05) is 0 Å². The summed E-state index contributed by atoms with van der Waals surface area (Å²) in [6.45, 7) is 6.78. The van der Waals surface area contributed by atoms with E-state index in [0.29, 0.717) is 11.5 Å². The molecule has 0 heterocycles. The highest BCUT2D eigenvalue weighted by Crippen LogP contribution is 2.32. The molecule has 1 atom stereocenters.